The summed E-state index contributed by atoms with van der Waals surface area (Å²) < 4.78 is 5.55. The highest BCUT2D eigenvalue weighted by Gasteiger charge is 2.37. The van der Waals surface area contributed by atoms with E-state index in [-0.39, 0.29) is 0 Å². The zero-order valence-corrected chi connectivity index (χ0v) is 20.7. The maximum Gasteiger partial charge on any atom is 0.129 e. The second-order valence-electron chi connectivity index (χ2n) is 9.99. The number of nitrogens with one attached hydrogen (secondary N) is 1. The summed E-state index contributed by atoms with van der Waals surface area (Å²) in [7, 11) is 0. The predicted octanol–water partition coefficient (Wildman–Crippen LogP) is 8.00. The summed E-state index contributed by atoms with van der Waals surface area (Å²) >= 11 is 0. The Morgan fingerprint density at radius 1 is 0.943 bits per heavy atom. The fourth-order valence-corrected chi connectivity index (χ4v) is 5.58. The van der Waals surface area contributed by atoms with E-state index in [2.05, 4.69) is 64.8 Å². The Kier molecular flexibility index (Phi) is 6.63. The van der Waals surface area contributed by atoms with Gasteiger partial charge in [-0.25, -0.2) is 4.98 Å². The second kappa shape index (κ2) is 9.99. The molecule has 1 N–H and O–H groups in total. The fraction of sp³-hybridized carbons (Fsp3) is 0.323. The van der Waals surface area contributed by atoms with E-state index in [1.54, 1.807) is 6.26 Å². The quantitative estimate of drug-likeness (QED) is 0.359. The molecule has 1 saturated heterocycles. The molecule has 1 spiro atoms. The zero-order valence-electron chi connectivity index (χ0n) is 20.7. The Hall–Kier alpha value is -3.53. The van der Waals surface area contributed by atoms with E-state index < -0.39 is 0 Å². The zero-order chi connectivity index (χ0) is 24.3. The number of benzene rings is 2. The first kappa shape index (κ1) is 23.2. The number of anilines is 2. The van der Waals surface area contributed by atoms with Crippen LogP contribution in [-0.4, -0.2) is 18.1 Å². The molecule has 2 aromatic carbocycles. The Labute approximate surface area is 209 Å². The maximum atomic E-state index is 5.55. The third kappa shape index (κ3) is 5.12. The topological polar surface area (TPSA) is 37.4 Å². The molecule has 4 nitrogen and oxygen atoms in total. The molecule has 180 valence electrons. The van der Waals surface area contributed by atoms with Gasteiger partial charge in [-0.3, -0.25) is 0 Å². The van der Waals surface area contributed by atoms with Crippen LogP contribution in [0.3, 0.4) is 0 Å². The monoisotopic (exact) mass is 465 g/mol. The molecule has 4 heteroatoms. The average Bonchev–Trinajstić information content (AvgIpc) is 3.35. The van der Waals surface area contributed by atoms with Gasteiger partial charge in [0.1, 0.15) is 11.6 Å². The van der Waals surface area contributed by atoms with Gasteiger partial charge >= 0.3 is 0 Å². The van der Waals surface area contributed by atoms with Crippen LogP contribution in [-0.2, 0) is 4.74 Å². The number of hydrogen-bond acceptors (Lipinski definition) is 4. The normalized spacial score (nSPS) is 17.2. The molecule has 1 aliphatic carbocycles. The van der Waals surface area contributed by atoms with E-state index in [0.29, 0.717) is 11.2 Å². The van der Waals surface area contributed by atoms with E-state index >= 15 is 0 Å². The van der Waals surface area contributed by atoms with Crippen LogP contribution >= 0.6 is 0 Å². The SMILES string of the molecule is C=C(Nc1ccc2ccc(C(=C)OC=CC)cc2c1)c1ccnc(N2CCC3(CCCC3)CC2)c1. The molecular weight excluding hydrogens is 430 g/mol. The highest BCUT2D eigenvalue weighted by molar-refractivity contribution is 5.90. The van der Waals surface area contributed by atoms with Gasteiger partial charge in [-0.05, 0) is 79.1 Å². The number of piperidine rings is 1. The van der Waals surface area contributed by atoms with Crippen LogP contribution in [0.4, 0.5) is 11.5 Å². The molecule has 2 fully saturated rings. The summed E-state index contributed by atoms with van der Waals surface area (Å²) in [6.07, 6.45) is 13.6. The van der Waals surface area contributed by atoms with E-state index in [4.69, 9.17) is 4.74 Å². The van der Waals surface area contributed by atoms with Crippen LogP contribution in [0.2, 0.25) is 0 Å². The van der Waals surface area contributed by atoms with Crippen LogP contribution in [0.1, 0.15) is 56.6 Å². The first-order chi connectivity index (χ1) is 17.0. The highest BCUT2D eigenvalue weighted by Crippen LogP contribution is 2.46. The summed E-state index contributed by atoms with van der Waals surface area (Å²) in [6, 6.07) is 16.8. The molecule has 5 rings (SSSR count). The lowest BCUT2D eigenvalue weighted by Crippen LogP contribution is -2.39. The second-order valence-corrected chi connectivity index (χ2v) is 9.99. The van der Waals surface area contributed by atoms with Crippen molar-refractivity contribution in [1.29, 1.82) is 0 Å². The minimum absolute atomic E-state index is 0.612. The van der Waals surface area contributed by atoms with Crippen LogP contribution in [0, 0.1) is 5.41 Å². The van der Waals surface area contributed by atoms with Gasteiger partial charge in [-0.15, -0.1) is 0 Å². The van der Waals surface area contributed by atoms with Gasteiger partial charge in [0.25, 0.3) is 0 Å². The Balaban J connectivity index is 1.28. The number of aromatic nitrogens is 1. The van der Waals surface area contributed by atoms with Crippen molar-refractivity contribution in [2.45, 2.75) is 45.4 Å². The minimum Gasteiger partial charge on any atom is -0.465 e. The summed E-state index contributed by atoms with van der Waals surface area (Å²) in [5, 5.41) is 5.78. The molecule has 0 amide bonds. The summed E-state index contributed by atoms with van der Waals surface area (Å²) in [5.41, 5.74) is 4.51. The van der Waals surface area contributed by atoms with E-state index in [9.17, 15) is 0 Å². The van der Waals surface area contributed by atoms with Gasteiger partial charge in [0.15, 0.2) is 0 Å². The fourth-order valence-electron chi connectivity index (χ4n) is 5.58. The molecule has 2 aliphatic rings. The van der Waals surface area contributed by atoms with Gasteiger partial charge < -0.3 is 15.0 Å². The smallest absolute Gasteiger partial charge is 0.129 e. The van der Waals surface area contributed by atoms with Crippen LogP contribution < -0.4 is 10.2 Å². The number of fused-ring (bicyclic) bond motifs is 1. The van der Waals surface area contributed by atoms with Gasteiger partial charge in [0.2, 0.25) is 0 Å². The first-order valence-corrected chi connectivity index (χ1v) is 12.7. The van der Waals surface area contributed by atoms with Crippen molar-refractivity contribution in [3.8, 4) is 0 Å². The lowest BCUT2D eigenvalue weighted by molar-refractivity contribution is 0.226. The minimum atomic E-state index is 0.612. The molecule has 0 atom stereocenters. The number of nitrogens with zero attached hydrogens (tertiary/aromatic N) is 2. The van der Waals surface area contributed by atoms with Crippen molar-refractivity contribution in [1.82, 2.24) is 4.98 Å². The molecule has 0 unspecified atom stereocenters. The van der Waals surface area contributed by atoms with E-state index in [1.165, 1.54) is 43.9 Å². The van der Waals surface area contributed by atoms with Crippen LogP contribution in [0.5, 0.6) is 0 Å². The predicted molar refractivity (Wildman–Crippen MR) is 148 cm³/mol. The Bertz CT molecular complexity index is 1260. The number of ether oxygens (including phenoxy) is 1. The highest BCUT2D eigenvalue weighted by atomic mass is 16.5. The van der Waals surface area contributed by atoms with Gasteiger partial charge in [-0.2, -0.15) is 0 Å². The summed E-state index contributed by atoms with van der Waals surface area (Å²) in [6.45, 7) is 12.5. The molecule has 1 saturated carbocycles. The van der Waals surface area contributed by atoms with Gasteiger partial charge in [0, 0.05) is 41.8 Å². The standard InChI is InChI=1S/C31H35N3O/c1-4-19-35-24(3)27-8-7-25-9-10-29(21-28(25)20-27)33-23(2)26-11-16-32-30(22-26)34-17-14-31(15-18-34)12-5-6-13-31/h4,7-11,16,19-22,33H,2-3,5-6,12-15,17-18H2,1H3. The van der Waals surface area contributed by atoms with Crippen molar-refractivity contribution in [3.63, 3.8) is 0 Å². The van der Waals surface area contributed by atoms with E-state index in [0.717, 1.165) is 46.8 Å². The maximum absolute atomic E-state index is 5.55. The average molecular weight is 466 g/mol. The molecule has 1 aromatic heterocycles. The van der Waals surface area contributed by atoms with Crippen LogP contribution in [0.15, 0.2) is 80.2 Å². The van der Waals surface area contributed by atoms with Crippen molar-refractivity contribution >= 4 is 33.7 Å². The largest absolute Gasteiger partial charge is 0.465 e. The van der Waals surface area contributed by atoms with Crippen molar-refractivity contribution < 1.29 is 4.74 Å². The van der Waals surface area contributed by atoms with Crippen molar-refractivity contribution in [2.24, 2.45) is 5.41 Å². The third-order valence-corrected chi connectivity index (χ3v) is 7.71. The van der Waals surface area contributed by atoms with Crippen molar-refractivity contribution in [3.05, 3.63) is 91.4 Å². The van der Waals surface area contributed by atoms with E-state index in [1.807, 2.05) is 31.3 Å². The number of allylic oxidation sites excluding steroid dienone is 1. The molecule has 35 heavy (non-hydrogen) atoms. The molecule has 0 radical (unpaired) electrons. The lowest BCUT2D eigenvalue weighted by Gasteiger charge is -2.40. The summed E-state index contributed by atoms with van der Waals surface area (Å²) in [4.78, 5) is 7.13. The molecule has 3 aromatic rings. The summed E-state index contributed by atoms with van der Waals surface area (Å²) in [5.74, 6) is 1.69. The Morgan fingerprint density at radius 2 is 1.71 bits per heavy atom. The van der Waals surface area contributed by atoms with Crippen LogP contribution in [0.25, 0.3) is 22.2 Å². The first-order valence-electron chi connectivity index (χ1n) is 12.7. The lowest BCUT2D eigenvalue weighted by atomic mass is 9.77. The van der Waals surface area contributed by atoms with Gasteiger partial charge in [0.05, 0.1) is 6.26 Å². The molecule has 0 bridgehead atoms. The molecule has 1 aliphatic heterocycles. The van der Waals surface area contributed by atoms with Gasteiger partial charge in [-0.1, -0.05) is 50.3 Å². The third-order valence-electron chi connectivity index (χ3n) is 7.71. The number of hydrogen-bond donors (Lipinski definition) is 1. The molecule has 2 heterocycles. The number of rotatable bonds is 7. The number of pyridine rings is 1. The molecular formula is C31H35N3O. The Morgan fingerprint density at radius 3 is 2.49 bits per heavy atom. The van der Waals surface area contributed by atoms with Crippen molar-refractivity contribution in [2.75, 3.05) is 23.3 Å².